The molecule has 0 amide bonds. The van der Waals surface area contributed by atoms with Gasteiger partial charge in [-0.3, -0.25) is 4.21 Å². The van der Waals surface area contributed by atoms with Crippen LogP contribution in [0.4, 0.5) is 11.4 Å². The molecule has 4 nitrogen and oxygen atoms in total. The molecule has 1 aromatic rings. The average molecular weight is 185 g/mol. The molecule has 3 N–H and O–H groups in total. The Labute approximate surface area is 73.1 Å². The zero-order valence-corrected chi connectivity index (χ0v) is 7.35. The highest BCUT2D eigenvalue weighted by molar-refractivity contribution is 7.79. The summed E-state index contributed by atoms with van der Waals surface area (Å²) in [4.78, 5) is 0.192. The fourth-order valence-corrected chi connectivity index (χ4v) is 1.47. The summed E-state index contributed by atoms with van der Waals surface area (Å²) in [5.74, 6) is 0. The summed E-state index contributed by atoms with van der Waals surface area (Å²) < 4.78 is 21.3. The smallest absolute Gasteiger partial charge is 0.0500 e. The van der Waals surface area contributed by atoms with Gasteiger partial charge in [0.05, 0.1) is 4.90 Å². The molecule has 0 aromatic heterocycles. The molecule has 0 bridgehead atoms. The lowest BCUT2D eigenvalue weighted by atomic mass is 10.3. The van der Waals surface area contributed by atoms with Gasteiger partial charge >= 0.3 is 0 Å². The number of rotatable bonds is 2. The Morgan fingerprint density at radius 2 is 2.25 bits per heavy atom. The Kier molecular flexibility index (Phi) is 2.67. The summed E-state index contributed by atoms with van der Waals surface area (Å²) in [5, 5.41) is 2.76. The third-order valence-corrected chi connectivity index (χ3v) is 2.15. The molecule has 0 aliphatic carbocycles. The summed E-state index contributed by atoms with van der Waals surface area (Å²) in [6.45, 7) is 0. The summed E-state index contributed by atoms with van der Waals surface area (Å²) in [6, 6.07) is 4.68. The van der Waals surface area contributed by atoms with Crippen molar-refractivity contribution >= 4 is 22.5 Å². The average Bonchev–Trinajstić information content (AvgIpc) is 2.04. The lowest BCUT2D eigenvalue weighted by Crippen LogP contribution is -1.98. The summed E-state index contributed by atoms with van der Waals surface area (Å²) in [6.07, 6.45) is 0. The number of benzene rings is 1. The maximum atomic E-state index is 10.6. The molecule has 0 heterocycles. The van der Waals surface area contributed by atoms with Crippen molar-refractivity contribution in [1.82, 2.24) is 0 Å². The molecule has 0 aliphatic rings. The number of hydrogen-bond acceptors (Lipinski definition) is 4. The lowest BCUT2D eigenvalue weighted by Gasteiger charge is -2.11. The fourth-order valence-electron chi connectivity index (χ4n) is 0.883. The highest BCUT2D eigenvalue weighted by Crippen LogP contribution is 2.20. The summed E-state index contributed by atoms with van der Waals surface area (Å²) >= 11 is -2.24. The molecule has 1 rings (SSSR count). The molecule has 0 fully saturated rings. The maximum absolute atomic E-state index is 10.6. The van der Waals surface area contributed by atoms with Gasteiger partial charge in [0.1, 0.15) is 0 Å². The second-order valence-electron chi connectivity index (χ2n) is 2.24. The molecule has 12 heavy (non-hydrogen) atoms. The van der Waals surface area contributed by atoms with E-state index in [1.165, 1.54) is 6.07 Å². The van der Waals surface area contributed by atoms with E-state index in [0.717, 1.165) is 0 Å². The van der Waals surface area contributed by atoms with Gasteiger partial charge in [-0.05, 0) is 29.3 Å². The van der Waals surface area contributed by atoms with E-state index in [2.05, 4.69) is 5.32 Å². The van der Waals surface area contributed by atoms with Crippen LogP contribution in [0.25, 0.3) is 0 Å². The van der Waals surface area contributed by atoms with Crippen molar-refractivity contribution in [2.45, 2.75) is 4.90 Å². The second-order valence-corrected chi connectivity index (χ2v) is 3.15. The van der Waals surface area contributed by atoms with Crippen molar-refractivity contribution in [2.75, 3.05) is 18.1 Å². The van der Waals surface area contributed by atoms with Gasteiger partial charge in [0.15, 0.2) is 0 Å². The van der Waals surface area contributed by atoms with Crippen molar-refractivity contribution in [2.24, 2.45) is 0 Å². The molecule has 5 heteroatoms. The molecule has 1 aromatic carbocycles. The number of nitrogens with one attached hydrogen (secondary N) is 1. The van der Waals surface area contributed by atoms with Crippen LogP contribution < -0.4 is 11.1 Å². The Balaban J connectivity index is 3.21. The fraction of sp³-hybridized carbons (Fsp3) is 0.143. The number of hydrogen-bond donors (Lipinski definition) is 2. The van der Waals surface area contributed by atoms with Crippen LogP contribution in [0.2, 0.25) is 0 Å². The number of nitrogen functional groups attached to an aromatic ring is 1. The van der Waals surface area contributed by atoms with Gasteiger partial charge in [-0.25, -0.2) is 0 Å². The van der Waals surface area contributed by atoms with Crippen LogP contribution in [0.15, 0.2) is 23.1 Å². The Morgan fingerprint density at radius 3 is 2.75 bits per heavy atom. The normalized spacial score (nSPS) is 12.5. The molecule has 0 radical (unpaired) electrons. The van der Waals surface area contributed by atoms with E-state index in [0.29, 0.717) is 11.4 Å². The predicted octanol–water partition coefficient (Wildman–Crippen LogP) is 0.548. The predicted molar refractivity (Wildman–Crippen MR) is 47.6 cm³/mol. The Morgan fingerprint density at radius 1 is 1.58 bits per heavy atom. The molecule has 1 unspecified atom stereocenters. The van der Waals surface area contributed by atoms with Gasteiger partial charge in [0, 0.05) is 18.4 Å². The van der Waals surface area contributed by atoms with E-state index in [4.69, 9.17) is 5.73 Å². The zero-order chi connectivity index (χ0) is 9.14. The van der Waals surface area contributed by atoms with Crippen LogP contribution in [-0.4, -0.2) is 15.8 Å². The summed E-state index contributed by atoms with van der Waals surface area (Å²) in [5.41, 5.74) is 6.41. The minimum atomic E-state index is -2.24. The zero-order valence-electron chi connectivity index (χ0n) is 6.53. The third kappa shape index (κ3) is 1.75. The van der Waals surface area contributed by atoms with E-state index in [-0.39, 0.29) is 4.90 Å². The van der Waals surface area contributed by atoms with Gasteiger partial charge in [0.2, 0.25) is 0 Å². The van der Waals surface area contributed by atoms with E-state index in [1.54, 1.807) is 19.2 Å². The van der Waals surface area contributed by atoms with E-state index < -0.39 is 11.1 Å². The Hall–Kier alpha value is -1.07. The highest BCUT2D eigenvalue weighted by atomic mass is 32.2. The van der Waals surface area contributed by atoms with Gasteiger partial charge in [-0.1, -0.05) is 0 Å². The molecule has 0 saturated carbocycles. The first-order chi connectivity index (χ1) is 5.65. The summed E-state index contributed by atoms with van der Waals surface area (Å²) in [7, 11) is 1.65. The van der Waals surface area contributed by atoms with Crippen LogP contribution in [0.3, 0.4) is 0 Å². The van der Waals surface area contributed by atoms with Gasteiger partial charge in [-0.15, -0.1) is 0 Å². The minimum Gasteiger partial charge on any atom is -0.768 e. The molecule has 66 valence electrons. The van der Waals surface area contributed by atoms with Gasteiger partial charge < -0.3 is 15.6 Å². The quantitative estimate of drug-likeness (QED) is 0.521. The van der Waals surface area contributed by atoms with Gasteiger partial charge in [-0.2, -0.15) is 0 Å². The van der Waals surface area contributed by atoms with Crippen molar-refractivity contribution in [3.63, 3.8) is 0 Å². The molecule has 0 saturated heterocycles. The first kappa shape index (κ1) is 9.02. The third-order valence-electron chi connectivity index (χ3n) is 1.45. The maximum Gasteiger partial charge on any atom is 0.0500 e. The molecule has 0 aliphatic heterocycles. The molecule has 0 spiro atoms. The van der Waals surface area contributed by atoms with Crippen molar-refractivity contribution in [1.29, 1.82) is 0 Å². The van der Waals surface area contributed by atoms with E-state index in [9.17, 15) is 8.76 Å². The van der Waals surface area contributed by atoms with Crippen LogP contribution in [0, 0.1) is 0 Å². The largest absolute Gasteiger partial charge is 0.768 e. The lowest BCUT2D eigenvalue weighted by molar-refractivity contribution is 0.537. The topological polar surface area (TPSA) is 78.2 Å². The SMILES string of the molecule is CNc1ccc(N)cc1S(=O)[O-]. The van der Waals surface area contributed by atoms with E-state index in [1.807, 2.05) is 0 Å². The standard InChI is InChI=1S/C7H10N2O2S/c1-9-6-3-2-5(8)4-7(6)12(10)11/h2-4,9H,8H2,1H3,(H,10,11)/p-1. The van der Waals surface area contributed by atoms with Crippen molar-refractivity contribution < 1.29 is 8.76 Å². The van der Waals surface area contributed by atoms with Gasteiger partial charge in [0.25, 0.3) is 0 Å². The first-order valence-electron chi connectivity index (χ1n) is 3.31. The van der Waals surface area contributed by atoms with Crippen LogP contribution >= 0.6 is 0 Å². The number of anilines is 2. The first-order valence-corrected chi connectivity index (χ1v) is 4.39. The highest BCUT2D eigenvalue weighted by Gasteiger charge is 2.00. The minimum absolute atomic E-state index is 0.192. The number of nitrogens with two attached hydrogens (primary N) is 1. The van der Waals surface area contributed by atoms with Crippen LogP contribution in [0.5, 0.6) is 0 Å². The van der Waals surface area contributed by atoms with Crippen LogP contribution in [0.1, 0.15) is 0 Å². The van der Waals surface area contributed by atoms with Crippen molar-refractivity contribution in [3.05, 3.63) is 18.2 Å². The van der Waals surface area contributed by atoms with Crippen LogP contribution in [-0.2, 0) is 11.1 Å². The molecule has 1 atom stereocenters. The molecular weight excluding hydrogens is 176 g/mol. The van der Waals surface area contributed by atoms with E-state index >= 15 is 0 Å². The Bertz CT molecular complexity index is 314. The molecular formula is C7H9N2O2S-. The monoisotopic (exact) mass is 185 g/mol. The second kappa shape index (κ2) is 3.55. The van der Waals surface area contributed by atoms with Crippen molar-refractivity contribution in [3.8, 4) is 0 Å².